The molecule has 0 atom stereocenters. The van der Waals surface area contributed by atoms with E-state index in [2.05, 4.69) is 63.0 Å². The van der Waals surface area contributed by atoms with Crippen molar-refractivity contribution >= 4 is 39.6 Å². The molecule has 3 N–H and O–H groups in total. The van der Waals surface area contributed by atoms with Gasteiger partial charge in [0.15, 0.2) is 11.4 Å². The van der Waals surface area contributed by atoms with Gasteiger partial charge in [0.1, 0.15) is 17.1 Å². The third-order valence-electron chi connectivity index (χ3n) is 5.73. The van der Waals surface area contributed by atoms with Gasteiger partial charge in [-0.05, 0) is 24.3 Å². The first kappa shape index (κ1) is 24.6. The van der Waals surface area contributed by atoms with Gasteiger partial charge in [-0.3, -0.25) is 15.1 Å². The summed E-state index contributed by atoms with van der Waals surface area (Å²) in [5.74, 6) is 1.47. The number of nitrogens with one attached hydrogen (secondary N) is 3. The van der Waals surface area contributed by atoms with Crippen LogP contribution in [0, 0.1) is 0 Å². The lowest BCUT2D eigenvalue weighted by molar-refractivity contribution is 0.262. The van der Waals surface area contributed by atoms with Crippen LogP contribution in [0.3, 0.4) is 0 Å². The van der Waals surface area contributed by atoms with E-state index in [1.54, 1.807) is 41.2 Å². The predicted molar refractivity (Wildman–Crippen MR) is 146 cm³/mol. The summed E-state index contributed by atoms with van der Waals surface area (Å²) in [4.78, 5) is 40.0. The molecule has 0 unspecified atom stereocenters. The number of nitrogens with zero attached hydrogens (tertiary/aromatic N) is 5. The van der Waals surface area contributed by atoms with E-state index in [1.807, 2.05) is 12.1 Å². The Labute approximate surface area is 217 Å². The molecule has 11 heteroatoms. The maximum atomic E-state index is 13.0. The molecule has 0 saturated carbocycles. The largest absolute Gasteiger partial charge is 0.454 e. The van der Waals surface area contributed by atoms with Crippen molar-refractivity contribution in [1.82, 2.24) is 29.7 Å². The molecule has 0 aliphatic rings. The Hall–Kier alpha value is -5.06. The van der Waals surface area contributed by atoms with Crippen LogP contribution in [0.5, 0.6) is 11.5 Å². The molecule has 0 saturated heterocycles. The number of aromatic nitrogens is 6. The molecular formula is C27H26N8O3. The summed E-state index contributed by atoms with van der Waals surface area (Å²) in [6.07, 6.45) is 6.06. The van der Waals surface area contributed by atoms with E-state index < -0.39 is 6.03 Å². The molecule has 0 fully saturated rings. The van der Waals surface area contributed by atoms with Crippen molar-refractivity contribution in [3.8, 4) is 11.5 Å². The number of allylic oxidation sites excluding steroid dienone is 1. The Kier molecular flexibility index (Phi) is 6.33. The Morgan fingerprint density at radius 3 is 2.71 bits per heavy atom. The number of carbonyl (C=O) groups is 1. The number of urea groups is 1. The molecule has 5 aromatic rings. The highest BCUT2D eigenvalue weighted by Gasteiger charge is 2.21. The number of amides is 2. The number of H-pyrrole nitrogens is 1. The fourth-order valence-electron chi connectivity index (χ4n) is 3.88. The Morgan fingerprint density at radius 2 is 1.92 bits per heavy atom. The van der Waals surface area contributed by atoms with Crippen molar-refractivity contribution in [2.75, 3.05) is 10.6 Å². The summed E-state index contributed by atoms with van der Waals surface area (Å²) in [5.41, 5.74) is 2.08. The van der Waals surface area contributed by atoms with E-state index in [9.17, 15) is 9.59 Å². The number of rotatable bonds is 6. The second-order valence-electron chi connectivity index (χ2n) is 9.58. The van der Waals surface area contributed by atoms with Crippen LogP contribution >= 0.6 is 0 Å². The minimum Gasteiger partial charge on any atom is -0.454 e. The van der Waals surface area contributed by atoms with Crippen molar-refractivity contribution in [1.29, 1.82) is 0 Å². The molecule has 4 aromatic heterocycles. The van der Waals surface area contributed by atoms with E-state index in [4.69, 9.17) is 4.74 Å². The summed E-state index contributed by atoms with van der Waals surface area (Å²) in [6.45, 7) is 10.4. The Bertz CT molecular complexity index is 1730. The smallest absolute Gasteiger partial charge is 0.324 e. The lowest BCUT2D eigenvalue weighted by Gasteiger charge is -2.14. The molecule has 0 aliphatic carbocycles. The van der Waals surface area contributed by atoms with Crippen LogP contribution in [0.15, 0.2) is 72.4 Å². The minimum absolute atomic E-state index is 0.180. The lowest BCUT2D eigenvalue weighted by atomic mass is 9.92. The average molecular weight is 511 g/mol. The van der Waals surface area contributed by atoms with E-state index in [1.165, 1.54) is 12.4 Å². The number of pyridine rings is 2. The summed E-state index contributed by atoms with van der Waals surface area (Å²) in [7, 11) is 0. The van der Waals surface area contributed by atoms with Gasteiger partial charge < -0.3 is 15.0 Å². The molecule has 0 radical (unpaired) electrons. The SMILES string of the molecule is C=CCn1nc(C(C)(C)C)cc1NC(=O)Nc1ccc(Oc2ccnc3[nH]c(=O)cnc23)c2cccnc12. The molecule has 5 rings (SSSR count). The molecule has 1 aromatic carbocycles. The van der Waals surface area contributed by atoms with Crippen LogP contribution in [0.2, 0.25) is 0 Å². The molecule has 0 bridgehead atoms. The quantitative estimate of drug-likeness (QED) is 0.274. The number of carbonyl (C=O) groups excluding carboxylic acids is 1. The molecule has 0 spiro atoms. The third-order valence-corrected chi connectivity index (χ3v) is 5.73. The summed E-state index contributed by atoms with van der Waals surface area (Å²) in [5, 5.41) is 11.0. The van der Waals surface area contributed by atoms with Crippen LogP contribution in [-0.2, 0) is 12.0 Å². The first-order valence-electron chi connectivity index (χ1n) is 11.9. The van der Waals surface area contributed by atoms with Gasteiger partial charge in [0, 0.05) is 35.3 Å². The van der Waals surface area contributed by atoms with Gasteiger partial charge in [0.2, 0.25) is 0 Å². The van der Waals surface area contributed by atoms with Crippen LogP contribution in [0.25, 0.3) is 22.1 Å². The van der Waals surface area contributed by atoms with Gasteiger partial charge in [-0.2, -0.15) is 5.10 Å². The second-order valence-corrected chi connectivity index (χ2v) is 9.58. The maximum absolute atomic E-state index is 13.0. The zero-order valence-electron chi connectivity index (χ0n) is 21.1. The Balaban J connectivity index is 1.43. The number of benzene rings is 1. The number of ether oxygens (including phenoxy) is 1. The first-order chi connectivity index (χ1) is 18.2. The third kappa shape index (κ3) is 4.94. The van der Waals surface area contributed by atoms with Crippen LogP contribution < -0.4 is 20.9 Å². The highest BCUT2D eigenvalue weighted by atomic mass is 16.5. The molecule has 0 aliphatic heterocycles. The molecular weight excluding hydrogens is 484 g/mol. The minimum atomic E-state index is -0.440. The number of hydrogen-bond acceptors (Lipinski definition) is 7. The monoisotopic (exact) mass is 510 g/mol. The normalized spacial score (nSPS) is 11.4. The Morgan fingerprint density at radius 1 is 1.08 bits per heavy atom. The number of anilines is 2. The van der Waals surface area contributed by atoms with Gasteiger partial charge in [0.05, 0.1) is 29.6 Å². The van der Waals surface area contributed by atoms with E-state index in [-0.39, 0.29) is 11.0 Å². The molecule has 192 valence electrons. The number of fused-ring (bicyclic) bond motifs is 2. The van der Waals surface area contributed by atoms with Gasteiger partial charge in [-0.15, -0.1) is 6.58 Å². The van der Waals surface area contributed by atoms with Crippen molar-refractivity contribution in [3.05, 3.63) is 83.7 Å². The highest BCUT2D eigenvalue weighted by molar-refractivity contribution is 6.06. The van der Waals surface area contributed by atoms with E-state index in [0.29, 0.717) is 51.6 Å². The van der Waals surface area contributed by atoms with E-state index in [0.717, 1.165) is 5.69 Å². The summed E-state index contributed by atoms with van der Waals surface area (Å²) >= 11 is 0. The van der Waals surface area contributed by atoms with Crippen molar-refractivity contribution in [2.45, 2.75) is 32.7 Å². The zero-order valence-corrected chi connectivity index (χ0v) is 21.1. The maximum Gasteiger partial charge on any atom is 0.324 e. The predicted octanol–water partition coefficient (Wildman–Crippen LogP) is 4.98. The zero-order chi connectivity index (χ0) is 26.9. The molecule has 2 amide bonds. The van der Waals surface area contributed by atoms with E-state index >= 15 is 0 Å². The fraction of sp³-hybridized carbons (Fsp3) is 0.185. The molecule has 38 heavy (non-hydrogen) atoms. The first-order valence-corrected chi connectivity index (χ1v) is 11.9. The van der Waals surface area contributed by atoms with Crippen molar-refractivity contribution < 1.29 is 9.53 Å². The fourth-order valence-corrected chi connectivity index (χ4v) is 3.88. The van der Waals surface area contributed by atoms with Crippen LogP contribution in [0.4, 0.5) is 16.3 Å². The summed E-state index contributed by atoms with van der Waals surface area (Å²) in [6, 6.07) is 10.1. The lowest BCUT2D eigenvalue weighted by Crippen LogP contribution is -2.21. The molecule has 4 heterocycles. The topological polar surface area (TPSA) is 140 Å². The van der Waals surface area contributed by atoms with Crippen LogP contribution in [0.1, 0.15) is 26.5 Å². The summed E-state index contributed by atoms with van der Waals surface area (Å²) < 4.78 is 7.86. The standard InChI is InChI=1S/C27H26N8O3/c1-5-13-35-21(14-20(34-35)27(2,3)4)32-26(37)31-17-8-9-18(16-7-6-11-28-23(16)17)38-19-10-12-29-25-24(19)30-15-22(36)33-25/h5-12,14-15H,1,13H2,2-4H3,(H,29,33,36)(H2,31,32,37). The van der Waals surface area contributed by atoms with Gasteiger partial charge in [-0.1, -0.05) is 26.8 Å². The molecule has 11 nitrogen and oxygen atoms in total. The van der Waals surface area contributed by atoms with Gasteiger partial charge >= 0.3 is 6.03 Å². The van der Waals surface area contributed by atoms with Crippen LogP contribution in [-0.4, -0.2) is 35.7 Å². The highest BCUT2D eigenvalue weighted by Crippen LogP contribution is 2.35. The van der Waals surface area contributed by atoms with Gasteiger partial charge in [-0.25, -0.2) is 19.4 Å². The number of hydrogen-bond donors (Lipinski definition) is 3. The van der Waals surface area contributed by atoms with Crippen molar-refractivity contribution in [2.24, 2.45) is 0 Å². The van der Waals surface area contributed by atoms with Crippen molar-refractivity contribution in [3.63, 3.8) is 0 Å². The number of aromatic amines is 1. The van der Waals surface area contributed by atoms with Gasteiger partial charge in [0.25, 0.3) is 5.56 Å². The second kappa shape index (κ2) is 9.77. The average Bonchev–Trinajstić information content (AvgIpc) is 3.28.